The summed E-state index contributed by atoms with van der Waals surface area (Å²) in [7, 11) is 0. The van der Waals surface area contributed by atoms with Gasteiger partial charge >= 0.3 is 6.09 Å². The molecule has 1 atom stereocenters. The molecular weight excluding hydrogens is 324 g/mol. The van der Waals surface area contributed by atoms with Gasteiger partial charge in [0.25, 0.3) is 0 Å². The van der Waals surface area contributed by atoms with Crippen molar-refractivity contribution in [3.63, 3.8) is 0 Å². The largest absolute Gasteiger partial charge is 0.472 e. The minimum Gasteiger partial charge on any atom is -0.472 e. The van der Waals surface area contributed by atoms with Gasteiger partial charge in [-0.05, 0) is 42.8 Å². The Balaban J connectivity index is 1.88. The summed E-state index contributed by atoms with van der Waals surface area (Å²) >= 11 is 3.30. The molecule has 5 nitrogen and oxygen atoms in total. The van der Waals surface area contributed by atoms with E-state index in [2.05, 4.69) is 20.9 Å². The minimum atomic E-state index is -0.470. The lowest BCUT2D eigenvalue weighted by Crippen LogP contribution is -2.36. The molecule has 0 saturated carbocycles. The molecule has 110 valence electrons. The summed E-state index contributed by atoms with van der Waals surface area (Å²) in [5, 5.41) is 0. The molecule has 1 aromatic rings. The van der Waals surface area contributed by atoms with Crippen molar-refractivity contribution in [1.82, 2.24) is 9.88 Å². The number of carbonyl (C=O) groups is 1. The van der Waals surface area contributed by atoms with Crippen molar-refractivity contribution >= 4 is 22.0 Å². The van der Waals surface area contributed by atoms with E-state index in [-0.39, 0.29) is 12.2 Å². The molecule has 0 radical (unpaired) electrons. The van der Waals surface area contributed by atoms with E-state index in [0.29, 0.717) is 19.0 Å². The Bertz CT molecular complexity index is 488. The standard InChI is InChI=1S/C14H19BrN2O3/c1-14(2,3)20-13(18)17-8-7-10(9-17)19-12-6-4-5-11(15)16-12/h4-6,10H,7-9H2,1-3H3/t10-/m0/s1. The van der Waals surface area contributed by atoms with Gasteiger partial charge in [-0.2, -0.15) is 0 Å². The van der Waals surface area contributed by atoms with E-state index in [4.69, 9.17) is 9.47 Å². The number of hydrogen-bond donors (Lipinski definition) is 0. The number of amides is 1. The molecule has 1 saturated heterocycles. The van der Waals surface area contributed by atoms with E-state index >= 15 is 0 Å². The Hall–Kier alpha value is -1.30. The summed E-state index contributed by atoms with van der Waals surface area (Å²) in [6.45, 7) is 6.76. The molecule has 1 aromatic heterocycles. The van der Waals surface area contributed by atoms with Crippen molar-refractivity contribution in [3.8, 4) is 5.88 Å². The second kappa shape index (κ2) is 5.99. The monoisotopic (exact) mass is 342 g/mol. The lowest BCUT2D eigenvalue weighted by molar-refractivity contribution is 0.0275. The molecule has 1 fully saturated rings. The molecule has 0 N–H and O–H groups in total. The lowest BCUT2D eigenvalue weighted by Gasteiger charge is -2.24. The van der Waals surface area contributed by atoms with E-state index in [1.807, 2.05) is 32.9 Å². The Kier molecular flexibility index (Phi) is 4.52. The van der Waals surface area contributed by atoms with Crippen LogP contribution in [0.2, 0.25) is 0 Å². The van der Waals surface area contributed by atoms with Crippen LogP contribution in [0, 0.1) is 0 Å². The van der Waals surface area contributed by atoms with E-state index in [0.717, 1.165) is 11.0 Å². The number of halogens is 1. The van der Waals surface area contributed by atoms with Crippen molar-refractivity contribution in [2.45, 2.75) is 38.9 Å². The third kappa shape index (κ3) is 4.37. The van der Waals surface area contributed by atoms with Crippen LogP contribution in [0.3, 0.4) is 0 Å². The first-order chi connectivity index (χ1) is 9.33. The smallest absolute Gasteiger partial charge is 0.410 e. The molecule has 1 aliphatic rings. The third-order valence-electron chi connectivity index (χ3n) is 2.77. The van der Waals surface area contributed by atoms with Gasteiger partial charge in [-0.25, -0.2) is 9.78 Å². The minimum absolute atomic E-state index is 0.0377. The lowest BCUT2D eigenvalue weighted by atomic mass is 10.2. The first-order valence-electron chi connectivity index (χ1n) is 6.60. The average Bonchev–Trinajstić information content (AvgIpc) is 2.75. The van der Waals surface area contributed by atoms with Crippen LogP contribution >= 0.6 is 15.9 Å². The van der Waals surface area contributed by atoms with Gasteiger partial charge in [0.2, 0.25) is 5.88 Å². The van der Waals surface area contributed by atoms with Crippen molar-refractivity contribution in [2.75, 3.05) is 13.1 Å². The Morgan fingerprint density at radius 1 is 1.45 bits per heavy atom. The number of likely N-dealkylation sites (tertiary alicyclic amines) is 1. The molecular formula is C14H19BrN2O3. The molecule has 20 heavy (non-hydrogen) atoms. The summed E-state index contributed by atoms with van der Waals surface area (Å²) < 4.78 is 11.9. The van der Waals surface area contributed by atoms with Crippen molar-refractivity contribution < 1.29 is 14.3 Å². The van der Waals surface area contributed by atoms with E-state index < -0.39 is 5.60 Å². The maximum Gasteiger partial charge on any atom is 0.410 e. The number of ether oxygens (including phenoxy) is 2. The van der Waals surface area contributed by atoms with Crippen LogP contribution in [-0.2, 0) is 4.74 Å². The van der Waals surface area contributed by atoms with Gasteiger partial charge in [-0.1, -0.05) is 6.07 Å². The molecule has 0 unspecified atom stereocenters. The second-order valence-corrected chi connectivity index (χ2v) is 6.57. The molecule has 0 aliphatic carbocycles. The van der Waals surface area contributed by atoms with Crippen LogP contribution in [0.1, 0.15) is 27.2 Å². The normalized spacial score (nSPS) is 19.0. The number of carbonyl (C=O) groups excluding carboxylic acids is 1. The number of nitrogens with zero attached hydrogens (tertiary/aromatic N) is 2. The number of pyridine rings is 1. The number of hydrogen-bond acceptors (Lipinski definition) is 4. The summed E-state index contributed by atoms with van der Waals surface area (Å²) in [6, 6.07) is 5.52. The highest BCUT2D eigenvalue weighted by Gasteiger charge is 2.31. The van der Waals surface area contributed by atoms with Gasteiger partial charge in [0.15, 0.2) is 0 Å². The molecule has 0 spiro atoms. The summed E-state index contributed by atoms with van der Waals surface area (Å²) in [5.41, 5.74) is -0.470. The molecule has 0 aromatic carbocycles. The second-order valence-electron chi connectivity index (χ2n) is 5.75. The maximum atomic E-state index is 11.9. The maximum absolute atomic E-state index is 11.9. The zero-order valence-electron chi connectivity index (χ0n) is 11.9. The van der Waals surface area contributed by atoms with Crippen LogP contribution in [-0.4, -0.2) is 40.8 Å². The van der Waals surface area contributed by atoms with Gasteiger partial charge < -0.3 is 14.4 Å². The predicted molar refractivity (Wildman–Crippen MR) is 78.8 cm³/mol. The van der Waals surface area contributed by atoms with Gasteiger partial charge in [0, 0.05) is 19.0 Å². The highest BCUT2D eigenvalue weighted by atomic mass is 79.9. The quantitative estimate of drug-likeness (QED) is 0.774. The van der Waals surface area contributed by atoms with Crippen molar-refractivity contribution in [2.24, 2.45) is 0 Å². The first kappa shape index (κ1) is 15.1. The third-order valence-corrected chi connectivity index (χ3v) is 3.22. The van der Waals surface area contributed by atoms with Crippen LogP contribution in [0.25, 0.3) is 0 Å². The van der Waals surface area contributed by atoms with Crippen LogP contribution in [0.4, 0.5) is 4.79 Å². The predicted octanol–water partition coefficient (Wildman–Crippen LogP) is 3.23. The van der Waals surface area contributed by atoms with E-state index in [1.165, 1.54) is 0 Å². The van der Waals surface area contributed by atoms with Gasteiger partial charge in [0.1, 0.15) is 16.3 Å². The Morgan fingerprint density at radius 3 is 2.85 bits per heavy atom. The number of rotatable bonds is 2. The first-order valence-corrected chi connectivity index (χ1v) is 7.40. The molecule has 2 heterocycles. The molecule has 1 aliphatic heterocycles. The highest BCUT2D eigenvalue weighted by molar-refractivity contribution is 9.10. The Morgan fingerprint density at radius 2 is 2.20 bits per heavy atom. The van der Waals surface area contributed by atoms with Gasteiger partial charge in [-0.3, -0.25) is 0 Å². The van der Waals surface area contributed by atoms with E-state index in [1.54, 1.807) is 11.0 Å². The summed E-state index contributed by atoms with van der Waals surface area (Å²) in [6.07, 6.45) is 0.461. The molecule has 2 rings (SSSR count). The average molecular weight is 343 g/mol. The van der Waals surface area contributed by atoms with E-state index in [9.17, 15) is 4.79 Å². The van der Waals surface area contributed by atoms with Gasteiger partial charge in [0.05, 0.1) is 6.54 Å². The molecule has 6 heteroatoms. The topological polar surface area (TPSA) is 51.7 Å². The van der Waals surface area contributed by atoms with Crippen LogP contribution < -0.4 is 4.74 Å². The zero-order chi connectivity index (χ0) is 14.8. The van der Waals surface area contributed by atoms with Crippen LogP contribution in [0.5, 0.6) is 5.88 Å². The highest BCUT2D eigenvalue weighted by Crippen LogP contribution is 2.20. The van der Waals surface area contributed by atoms with Crippen molar-refractivity contribution in [3.05, 3.63) is 22.8 Å². The fourth-order valence-corrected chi connectivity index (χ4v) is 2.27. The zero-order valence-corrected chi connectivity index (χ0v) is 13.5. The number of aromatic nitrogens is 1. The SMILES string of the molecule is CC(C)(C)OC(=O)N1CC[C@H](Oc2cccc(Br)n2)C1. The fraction of sp³-hybridized carbons (Fsp3) is 0.571. The Labute approximate surface area is 127 Å². The fourth-order valence-electron chi connectivity index (χ4n) is 1.94. The molecule has 0 bridgehead atoms. The summed E-state index contributed by atoms with van der Waals surface area (Å²) in [4.78, 5) is 17.8. The molecule has 1 amide bonds. The van der Waals surface area contributed by atoms with Crippen molar-refractivity contribution in [1.29, 1.82) is 0 Å². The van der Waals surface area contributed by atoms with Crippen LogP contribution in [0.15, 0.2) is 22.8 Å². The summed E-state index contributed by atoms with van der Waals surface area (Å²) in [5.74, 6) is 0.565. The van der Waals surface area contributed by atoms with Gasteiger partial charge in [-0.15, -0.1) is 0 Å².